The lowest BCUT2D eigenvalue weighted by Crippen LogP contribution is -2.49. The summed E-state index contributed by atoms with van der Waals surface area (Å²) in [6.07, 6.45) is 0. The largest absolute Gasteiger partial charge is 0.492 e. The molecule has 6 nitrogen and oxygen atoms in total. The van der Waals surface area contributed by atoms with E-state index in [1.54, 1.807) is 6.92 Å². The molecule has 0 aliphatic heterocycles. The van der Waals surface area contributed by atoms with Gasteiger partial charge in [-0.25, -0.2) is 4.79 Å². The second kappa shape index (κ2) is 9.93. The average molecular weight is 335 g/mol. The topological polar surface area (TPSA) is 70.7 Å². The standard InChI is InChI=1S/C18H29N3O3/c1-13(2)12-19-18(23)20-17(22)15(4)21(5)10-11-24-16-8-6-14(3)7-9-16/h6-9,13,15H,10-12H2,1-5H3,(H2,19,20,22,23). The zero-order chi connectivity index (χ0) is 18.1. The summed E-state index contributed by atoms with van der Waals surface area (Å²) in [7, 11) is 1.83. The van der Waals surface area contributed by atoms with Crippen molar-refractivity contribution in [2.45, 2.75) is 33.7 Å². The highest BCUT2D eigenvalue weighted by atomic mass is 16.5. The Morgan fingerprint density at radius 2 is 1.79 bits per heavy atom. The lowest BCUT2D eigenvalue weighted by atomic mass is 10.2. The van der Waals surface area contributed by atoms with Crippen LogP contribution in [0.2, 0.25) is 0 Å². The van der Waals surface area contributed by atoms with E-state index < -0.39 is 12.1 Å². The van der Waals surface area contributed by atoms with Gasteiger partial charge in [0.25, 0.3) is 0 Å². The maximum Gasteiger partial charge on any atom is 0.321 e. The molecule has 0 saturated carbocycles. The number of benzene rings is 1. The molecule has 0 fully saturated rings. The Balaban J connectivity index is 2.32. The van der Waals surface area contributed by atoms with Crippen LogP contribution in [0.25, 0.3) is 0 Å². The number of imide groups is 1. The Bertz CT molecular complexity index is 529. The van der Waals surface area contributed by atoms with Crippen molar-refractivity contribution in [3.8, 4) is 5.75 Å². The van der Waals surface area contributed by atoms with Gasteiger partial charge in [-0.3, -0.25) is 15.0 Å². The fraction of sp³-hybridized carbons (Fsp3) is 0.556. The molecule has 0 saturated heterocycles. The van der Waals surface area contributed by atoms with Crippen LogP contribution in [-0.2, 0) is 4.79 Å². The minimum atomic E-state index is -0.454. The number of nitrogens with zero attached hydrogens (tertiary/aromatic N) is 1. The van der Waals surface area contributed by atoms with E-state index in [2.05, 4.69) is 10.6 Å². The smallest absolute Gasteiger partial charge is 0.321 e. The molecule has 1 aromatic carbocycles. The van der Waals surface area contributed by atoms with Crippen LogP contribution in [0.1, 0.15) is 26.3 Å². The second-order valence-corrected chi connectivity index (χ2v) is 6.41. The van der Waals surface area contributed by atoms with Crippen molar-refractivity contribution in [3.63, 3.8) is 0 Å². The Labute approximate surface area is 144 Å². The van der Waals surface area contributed by atoms with Crippen LogP contribution in [0, 0.1) is 12.8 Å². The van der Waals surface area contributed by atoms with Crippen molar-refractivity contribution >= 4 is 11.9 Å². The molecule has 1 rings (SSSR count). The fourth-order valence-corrected chi connectivity index (χ4v) is 1.89. The molecule has 0 radical (unpaired) electrons. The third kappa shape index (κ3) is 7.46. The van der Waals surface area contributed by atoms with Crippen LogP contribution in [0.3, 0.4) is 0 Å². The number of nitrogens with one attached hydrogen (secondary N) is 2. The Morgan fingerprint density at radius 3 is 2.38 bits per heavy atom. The summed E-state index contributed by atoms with van der Waals surface area (Å²) in [4.78, 5) is 25.5. The van der Waals surface area contributed by atoms with Crippen LogP contribution >= 0.6 is 0 Å². The summed E-state index contributed by atoms with van der Waals surface area (Å²) in [5.74, 6) is 0.818. The molecule has 0 aliphatic carbocycles. The Morgan fingerprint density at radius 1 is 1.17 bits per heavy atom. The van der Waals surface area contributed by atoms with E-state index in [1.165, 1.54) is 5.56 Å². The zero-order valence-corrected chi connectivity index (χ0v) is 15.3. The summed E-state index contributed by atoms with van der Waals surface area (Å²) in [5, 5.41) is 5.02. The molecule has 1 aromatic rings. The molecule has 1 unspecified atom stereocenters. The van der Waals surface area contributed by atoms with Crippen molar-refractivity contribution in [2.75, 3.05) is 26.7 Å². The number of aryl methyl sites for hydroxylation is 1. The molecular formula is C18H29N3O3. The number of carbonyl (C=O) groups excluding carboxylic acids is 2. The number of hydrogen-bond donors (Lipinski definition) is 2. The van der Waals surface area contributed by atoms with E-state index in [9.17, 15) is 9.59 Å². The van der Waals surface area contributed by atoms with Crippen molar-refractivity contribution in [2.24, 2.45) is 5.92 Å². The SMILES string of the molecule is Cc1ccc(OCCN(C)C(C)C(=O)NC(=O)NCC(C)C)cc1. The predicted octanol–water partition coefficient (Wildman–Crippen LogP) is 2.18. The number of ether oxygens (including phenoxy) is 1. The van der Waals surface area contributed by atoms with Gasteiger partial charge in [0.2, 0.25) is 5.91 Å². The van der Waals surface area contributed by atoms with Gasteiger partial charge >= 0.3 is 6.03 Å². The first-order chi connectivity index (χ1) is 11.3. The highest BCUT2D eigenvalue weighted by Gasteiger charge is 2.19. The molecule has 0 aromatic heterocycles. The van der Waals surface area contributed by atoms with Crippen molar-refractivity contribution in [3.05, 3.63) is 29.8 Å². The first-order valence-electron chi connectivity index (χ1n) is 8.28. The maximum atomic E-state index is 12.1. The van der Waals surface area contributed by atoms with E-state index >= 15 is 0 Å². The number of rotatable bonds is 8. The quantitative estimate of drug-likeness (QED) is 0.764. The maximum absolute atomic E-state index is 12.1. The number of carbonyl (C=O) groups is 2. The molecule has 134 valence electrons. The summed E-state index contributed by atoms with van der Waals surface area (Å²) in [5.41, 5.74) is 1.18. The third-order valence-corrected chi connectivity index (χ3v) is 3.68. The molecule has 3 amide bonds. The highest BCUT2D eigenvalue weighted by Crippen LogP contribution is 2.11. The number of amides is 3. The van der Waals surface area contributed by atoms with E-state index in [0.29, 0.717) is 25.6 Å². The van der Waals surface area contributed by atoms with Crippen LogP contribution in [0.4, 0.5) is 4.79 Å². The van der Waals surface area contributed by atoms with Gasteiger partial charge in [0.05, 0.1) is 6.04 Å². The van der Waals surface area contributed by atoms with Crippen LogP contribution in [0.15, 0.2) is 24.3 Å². The summed E-state index contributed by atoms with van der Waals surface area (Å²) >= 11 is 0. The average Bonchev–Trinajstić information content (AvgIpc) is 2.53. The van der Waals surface area contributed by atoms with Gasteiger partial charge in [-0.2, -0.15) is 0 Å². The van der Waals surface area contributed by atoms with E-state index in [0.717, 1.165) is 5.75 Å². The minimum Gasteiger partial charge on any atom is -0.492 e. The van der Waals surface area contributed by atoms with Crippen LogP contribution in [0.5, 0.6) is 5.75 Å². The van der Waals surface area contributed by atoms with Gasteiger partial charge in [-0.1, -0.05) is 31.5 Å². The van der Waals surface area contributed by atoms with Gasteiger partial charge in [0.1, 0.15) is 12.4 Å². The summed E-state index contributed by atoms with van der Waals surface area (Å²) in [6, 6.07) is 6.95. The molecule has 24 heavy (non-hydrogen) atoms. The van der Waals surface area contributed by atoms with E-state index in [-0.39, 0.29) is 5.91 Å². The van der Waals surface area contributed by atoms with Crippen molar-refractivity contribution in [1.29, 1.82) is 0 Å². The van der Waals surface area contributed by atoms with Crippen LogP contribution < -0.4 is 15.4 Å². The zero-order valence-electron chi connectivity index (χ0n) is 15.3. The molecule has 0 bridgehead atoms. The van der Waals surface area contributed by atoms with Crippen molar-refractivity contribution in [1.82, 2.24) is 15.5 Å². The molecule has 2 N–H and O–H groups in total. The first kappa shape index (κ1) is 20.0. The molecule has 1 atom stereocenters. The highest BCUT2D eigenvalue weighted by molar-refractivity contribution is 5.96. The van der Waals surface area contributed by atoms with E-state index in [1.807, 2.05) is 57.0 Å². The van der Waals surface area contributed by atoms with Gasteiger partial charge in [-0.15, -0.1) is 0 Å². The summed E-state index contributed by atoms with van der Waals surface area (Å²) in [6.45, 7) is 9.35. The lowest BCUT2D eigenvalue weighted by Gasteiger charge is -2.23. The Kier molecular flexibility index (Phi) is 8.26. The molecule has 0 heterocycles. The van der Waals surface area contributed by atoms with Gasteiger partial charge in [-0.05, 0) is 38.9 Å². The fourth-order valence-electron chi connectivity index (χ4n) is 1.89. The van der Waals surface area contributed by atoms with Gasteiger partial charge in [0, 0.05) is 13.1 Å². The minimum absolute atomic E-state index is 0.325. The first-order valence-corrected chi connectivity index (χ1v) is 8.28. The monoisotopic (exact) mass is 335 g/mol. The number of likely N-dealkylation sites (N-methyl/N-ethyl adjacent to an activating group) is 1. The second-order valence-electron chi connectivity index (χ2n) is 6.41. The molecule has 6 heteroatoms. The molecule has 0 spiro atoms. The molecular weight excluding hydrogens is 306 g/mol. The van der Waals surface area contributed by atoms with Gasteiger partial charge in [0.15, 0.2) is 0 Å². The number of urea groups is 1. The van der Waals surface area contributed by atoms with E-state index in [4.69, 9.17) is 4.74 Å². The Hall–Kier alpha value is -2.08. The van der Waals surface area contributed by atoms with Crippen LogP contribution in [-0.4, -0.2) is 49.6 Å². The lowest BCUT2D eigenvalue weighted by molar-refractivity contribution is -0.124. The summed E-state index contributed by atoms with van der Waals surface area (Å²) < 4.78 is 5.65. The number of hydrogen-bond acceptors (Lipinski definition) is 4. The third-order valence-electron chi connectivity index (χ3n) is 3.68. The van der Waals surface area contributed by atoms with Crippen molar-refractivity contribution < 1.29 is 14.3 Å². The predicted molar refractivity (Wildman–Crippen MR) is 95.1 cm³/mol. The molecule has 0 aliphatic rings. The van der Waals surface area contributed by atoms with Gasteiger partial charge < -0.3 is 10.1 Å². The normalized spacial score (nSPS) is 12.1.